The zero-order valence-electron chi connectivity index (χ0n) is 19.8. The number of hydrogen-bond acceptors (Lipinski definition) is 5. The maximum absolute atomic E-state index is 13.7. The molecule has 174 valence electrons. The molecule has 3 aromatic rings. The summed E-state index contributed by atoms with van der Waals surface area (Å²) in [6, 6.07) is 11.0. The summed E-state index contributed by atoms with van der Waals surface area (Å²) in [6.07, 6.45) is 2.72. The van der Waals surface area contributed by atoms with Gasteiger partial charge in [0.2, 0.25) is 5.76 Å². The Bertz CT molecular complexity index is 1210. The number of unbranched alkanes of at least 4 members (excludes halogenated alkanes) is 1. The van der Waals surface area contributed by atoms with Crippen molar-refractivity contribution in [2.45, 2.75) is 46.1 Å². The number of carbonyl (C=O) groups excluding carboxylic acids is 1. The lowest BCUT2D eigenvalue weighted by Crippen LogP contribution is -2.31. The van der Waals surface area contributed by atoms with Gasteiger partial charge in [-0.15, -0.1) is 0 Å². The third kappa shape index (κ3) is 4.40. The van der Waals surface area contributed by atoms with Crippen LogP contribution in [0.25, 0.3) is 11.0 Å². The maximum Gasteiger partial charge on any atom is 0.290 e. The zero-order chi connectivity index (χ0) is 23.5. The van der Waals surface area contributed by atoms with E-state index >= 15 is 0 Å². The van der Waals surface area contributed by atoms with Crippen molar-refractivity contribution in [3.05, 3.63) is 74.6 Å². The van der Waals surface area contributed by atoms with Crippen molar-refractivity contribution in [3.63, 3.8) is 0 Å². The van der Waals surface area contributed by atoms with Gasteiger partial charge in [0.15, 0.2) is 5.43 Å². The van der Waals surface area contributed by atoms with Crippen LogP contribution in [0.5, 0.6) is 5.75 Å². The number of ether oxygens (including phenoxy) is 2. The molecule has 1 unspecified atom stereocenters. The number of carbonyl (C=O) groups is 1. The predicted octanol–water partition coefficient (Wildman–Crippen LogP) is 5.17. The average molecular weight is 450 g/mol. The van der Waals surface area contributed by atoms with Crippen molar-refractivity contribution < 1.29 is 18.7 Å². The van der Waals surface area contributed by atoms with Crippen molar-refractivity contribution in [1.82, 2.24) is 4.90 Å². The van der Waals surface area contributed by atoms with E-state index in [1.807, 2.05) is 50.2 Å². The molecule has 1 atom stereocenters. The molecule has 0 saturated carbocycles. The first-order valence-corrected chi connectivity index (χ1v) is 11.6. The Kier molecular flexibility index (Phi) is 6.84. The van der Waals surface area contributed by atoms with Crippen LogP contribution in [0, 0.1) is 13.8 Å². The molecule has 2 heterocycles. The van der Waals surface area contributed by atoms with Crippen molar-refractivity contribution >= 4 is 16.9 Å². The summed E-state index contributed by atoms with van der Waals surface area (Å²) in [4.78, 5) is 28.8. The third-order valence-electron chi connectivity index (χ3n) is 6.12. The molecule has 0 spiro atoms. The first-order chi connectivity index (χ1) is 16.0. The van der Waals surface area contributed by atoms with Crippen LogP contribution < -0.4 is 10.2 Å². The minimum atomic E-state index is -0.504. The minimum absolute atomic E-state index is 0.139. The molecular formula is C27H31NO5. The lowest BCUT2D eigenvalue weighted by molar-refractivity contribution is 0.0708. The first-order valence-electron chi connectivity index (χ1n) is 11.6. The fourth-order valence-electron chi connectivity index (χ4n) is 4.55. The van der Waals surface area contributed by atoms with E-state index < -0.39 is 6.04 Å². The highest BCUT2D eigenvalue weighted by molar-refractivity contribution is 5.99. The Labute approximate surface area is 194 Å². The fourth-order valence-corrected chi connectivity index (χ4v) is 4.55. The smallest absolute Gasteiger partial charge is 0.290 e. The van der Waals surface area contributed by atoms with Crippen LogP contribution in [0.3, 0.4) is 0 Å². The molecule has 0 N–H and O–H groups in total. The average Bonchev–Trinajstić information content (AvgIpc) is 3.06. The third-order valence-corrected chi connectivity index (χ3v) is 6.12. The summed E-state index contributed by atoms with van der Waals surface area (Å²) < 4.78 is 17.1. The predicted molar refractivity (Wildman–Crippen MR) is 128 cm³/mol. The Balaban J connectivity index is 1.81. The normalized spacial score (nSPS) is 15.3. The lowest BCUT2D eigenvalue weighted by Gasteiger charge is -2.25. The van der Waals surface area contributed by atoms with Crippen molar-refractivity contribution in [2.75, 3.05) is 26.9 Å². The molecule has 0 aliphatic carbocycles. The molecule has 0 saturated heterocycles. The lowest BCUT2D eigenvalue weighted by atomic mass is 9.97. The molecule has 0 bridgehead atoms. The van der Waals surface area contributed by atoms with E-state index in [0.29, 0.717) is 42.7 Å². The molecule has 1 aromatic heterocycles. The summed E-state index contributed by atoms with van der Waals surface area (Å²) in [5, 5.41) is 0.537. The van der Waals surface area contributed by atoms with E-state index in [1.165, 1.54) is 0 Å². The summed E-state index contributed by atoms with van der Waals surface area (Å²) in [6.45, 7) is 7.63. The maximum atomic E-state index is 13.7. The second kappa shape index (κ2) is 9.79. The number of aryl methyl sites for hydroxylation is 2. The molecule has 2 aromatic carbocycles. The van der Waals surface area contributed by atoms with E-state index in [0.717, 1.165) is 35.3 Å². The van der Waals surface area contributed by atoms with Gasteiger partial charge in [0, 0.05) is 20.3 Å². The molecule has 6 heteroatoms. The van der Waals surface area contributed by atoms with Crippen molar-refractivity contribution in [3.8, 4) is 5.75 Å². The van der Waals surface area contributed by atoms with Gasteiger partial charge in [0.25, 0.3) is 5.91 Å². The Morgan fingerprint density at radius 3 is 2.48 bits per heavy atom. The Morgan fingerprint density at radius 1 is 1.03 bits per heavy atom. The van der Waals surface area contributed by atoms with Crippen molar-refractivity contribution in [1.29, 1.82) is 0 Å². The van der Waals surface area contributed by atoms with E-state index in [2.05, 4.69) is 6.92 Å². The van der Waals surface area contributed by atoms with Crippen LogP contribution in [0.4, 0.5) is 0 Å². The van der Waals surface area contributed by atoms with Gasteiger partial charge < -0.3 is 18.8 Å². The SMILES string of the molecule is CCCCOc1ccc(C2c3c(oc4cc(C)cc(C)c4c3=O)C(=O)N2CCCOC)cc1. The highest BCUT2D eigenvalue weighted by atomic mass is 16.5. The van der Waals surface area contributed by atoms with E-state index in [1.54, 1.807) is 12.0 Å². The molecular weight excluding hydrogens is 418 g/mol. The molecule has 6 nitrogen and oxygen atoms in total. The molecule has 1 amide bonds. The van der Waals surface area contributed by atoms with Crippen LogP contribution in [0.1, 0.15) is 65.0 Å². The number of methoxy groups -OCH3 is 1. The largest absolute Gasteiger partial charge is 0.494 e. The number of benzene rings is 2. The van der Waals surface area contributed by atoms with Crippen LogP contribution in [0.2, 0.25) is 0 Å². The molecule has 4 rings (SSSR count). The van der Waals surface area contributed by atoms with E-state index in [4.69, 9.17) is 13.9 Å². The molecule has 1 aliphatic rings. The van der Waals surface area contributed by atoms with Crippen LogP contribution in [-0.4, -0.2) is 37.7 Å². The molecule has 33 heavy (non-hydrogen) atoms. The van der Waals surface area contributed by atoms with Gasteiger partial charge in [0.1, 0.15) is 11.3 Å². The highest BCUT2D eigenvalue weighted by Crippen LogP contribution is 2.39. The van der Waals surface area contributed by atoms with E-state index in [-0.39, 0.29) is 17.1 Å². The van der Waals surface area contributed by atoms with Crippen LogP contribution >= 0.6 is 0 Å². The number of nitrogens with zero attached hydrogens (tertiary/aromatic N) is 1. The number of fused-ring (bicyclic) bond motifs is 2. The van der Waals surface area contributed by atoms with Crippen LogP contribution in [-0.2, 0) is 4.74 Å². The number of hydrogen-bond donors (Lipinski definition) is 0. The van der Waals surface area contributed by atoms with Crippen LogP contribution in [0.15, 0.2) is 45.6 Å². The second-order valence-electron chi connectivity index (χ2n) is 8.65. The van der Waals surface area contributed by atoms with Gasteiger partial charge in [0.05, 0.1) is 23.6 Å². The van der Waals surface area contributed by atoms with Crippen molar-refractivity contribution in [2.24, 2.45) is 0 Å². The van der Waals surface area contributed by atoms with E-state index in [9.17, 15) is 9.59 Å². The highest BCUT2D eigenvalue weighted by Gasteiger charge is 2.42. The fraction of sp³-hybridized carbons (Fsp3) is 0.407. The standard InChI is InChI=1S/C27H31NO5/c1-5-6-14-32-20-10-8-19(9-11-20)24-23-25(29)22-18(3)15-17(2)16-21(22)33-26(23)27(30)28(24)12-7-13-31-4/h8-11,15-16,24H,5-7,12-14H2,1-4H3. The summed E-state index contributed by atoms with van der Waals surface area (Å²) in [5.41, 5.74) is 3.43. The van der Waals surface area contributed by atoms with Gasteiger partial charge >= 0.3 is 0 Å². The Hall–Kier alpha value is -3.12. The summed E-state index contributed by atoms with van der Waals surface area (Å²) in [7, 11) is 1.64. The quantitative estimate of drug-likeness (QED) is 0.422. The molecule has 1 aliphatic heterocycles. The monoisotopic (exact) mass is 449 g/mol. The molecule has 0 fully saturated rings. The summed E-state index contributed by atoms with van der Waals surface area (Å²) in [5.74, 6) is 0.662. The van der Waals surface area contributed by atoms with Gasteiger partial charge in [-0.05, 0) is 61.6 Å². The molecule has 0 radical (unpaired) electrons. The zero-order valence-corrected chi connectivity index (χ0v) is 19.8. The second-order valence-corrected chi connectivity index (χ2v) is 8.65. The van der Waals surface area contributed by atoms with Gasteiger partial charge in [-0.25, -0.2) is 0 Å². The summed E-state index contributed by atoms with van der Waals surface area (Å²) >= 11 is 0. The first kappa shape index (κ1) is 23.1. The Morgan fingerprint density at radius 2 is 1.79 bits per heavy atom. The van der Waals surface area contributed by atoms with Gasteiger partial charge in [-0.2, -0.15) is 0 Å². The number of rotatable bonds is 9. The topological polar surface area (TPSA) is 69.0 Å². The van der Waals surface area contributed by atoms with Gasteiger partial charge in [-0.3, -0.25) is 9.59 Å². The minimum Gasteiger partial charge on any atom is -0.494 e. The number of amides is 1. The van der Waals surface area contributed by atoms with Gasteiger partial charge in [-0.1, -0.05) is 31.5 Å².